The van der Waals surface area contributed by atoms with E-state index in [1.165, 1.54) is 0 Å². The lowest BCUT2D eigenvalue weighted by molar-refractivity contribution is 0.00000420. The summed E-state index contributed by atoms with van der Waals surface area (Å²) in [5, 5.41) is 8.92. The van der Waals surface area contributed by atoms with E-state index in [-0.39, 0.29) is 6.10 Å². The molecular formula is C13H16N2O. The van der Waals surface area contributed by atoms with Crippen LogP contribution in [0.25, 0.3) is 0 Å². The van der Waals surface area contributed by atoms with Crippen LogP contribution >= 0.6 is 0 Å². The van der Waals surface area contributed by atoms with Crippen LogP contribution in [0.2, 0.25) is 0 Å². The van der Waals surface area contributed by atoms with E-state index in [0.717, 1.165) is 13.1 Å². The molecule has 1 aromatic rings. The molecule has 16 heavy (non-hydrogen) atoms. The van der Waals surface area contributed by atoms with Crippen molar-refractivity contribution in [1.29, 1.82) is 5.26 Å². The summed E-state index contributed by atoms with van der Waals surface area (Å²) in [6, 6.07) is 10.1. The third-order valence-corrected chi connectivity index (χ3v) is 2.91. The summed E-state index contributed by atoms with van der Waals surface area (Å²) < 4.78 is 5.79. The predicted molar refractivity (Wildman–Crippen MR) is 62.3 cm³/mol. The van der Waals surface area contributed by atoms with Crippen molar-refractivity contribution >= 4 is 0 Å². The second-order valence-corrected chi connectivity index (χ2v) is 4.40. The Bertz CT molecular complexity index is 403. The zero-order valence-corrected chi connectivity index (χ0v) is 9.68. The highest BCUT2D eigenvalue weighted by molar-refractivity contribution is 5.42. The van der Waals surface area contributed by atoms with E-state index in [1.54, 1.807) is 6.07 Å². The molecule has 0 spiro atoms. The molecule has 0 saturated carbocycles. The highest BCUT2D eigenvalue weighted by atomic mass is 16.5. The number of nitriles is 1. The van der Waals surface area contributed by atoms with Gasteiger partial charge in [0.2, 0.25) is 0 Å². The normalized spacial score (nSPS) is 16.9. The summed E-state index contributed by atoms with van der Waals surface area (Å²) in [7, 11) is 0. The van der Waals surface area contributed by atoms with Gasteiger partial charge in [-0.2, -0.15) is 5.26 Å². The van der Waals surface area contributed by atoms with Crippen LogP contribution in [0, 0.1) is 11.3 Å². The lowest BCUT2D eigenvalue weighted by atomic mass is 10.1. The molecule has 1 aromatic carbocycles. The first-order valence-electron chi connectivity index (χ1n) is 5.60. The van der Waals surface area contributed by atoms with Gasteiger partial charge in [-0.1, -0.05) is 12.1 Å². The molecule has 1 fully saturated rings. The van der Waals surface area contributed by atoms with Crippen molar-refractivity contribution in [3.05, 3.63) is 29.8 Å². The van der Waals surface area contributed by atoms with Crippen LogP contribution in [0.4, 0.5) is 0 Å². The zero-order valence-electron chi connectivity index (χ0n) is 9.68. The molecular weight excluding hydrogens is 200 g/mol. The first-order valence-corrected chi connectivity index (χ1v) is 5.60. The van der Waals surface area contributed by atoms with Gasteiger partial charge in [0.05, 0.1) is 5.56 Å². The predicted octanol–water partition coefficient (Wildman–Crippen LogP) is 2.03. The molecule has 0 radical (unpaired) electrons. The molecule has 2 rings (SSSR count). The Morgan fingerprint density at radius 1 is 1.38 bits per heavy atom. The van der Waals surface area contributed by atoms with E-state index in [4.69, 9.17) is 10.00 Å². The van der Waals surface area contributed by atoms with E-state index in [9.17, 15) is 0 Å². The van der Waals surface area contributed by atoms with Crippen LogP contribution in [0.5, 0.6) is 5.75 Å². The van der Waals surface area contributed by atoms with Gasteiger partial charge < -0.3 is 4.74 Å². The van der Waals surface area contributed by atoms with Crippen molar-refractivity contribution in [2.75, 3.05) is 13.1 Å². The van der Waals surface area contributed by atoms with Crippen molar-refractivity contribution in [3.63, 3.8) is 0 Å². The third-order valence-electron chi connectivity index (χ3n) is 2.91. The van der Waals surface area contributed by atoms with Crippen molar-refractivity contribution in [2.24, 2.45) is 0 Å². The van der Waals surface area contributed by atoms with Crippen LogP contribution in [0.3, 0.4) is 0 Å². The standard InChI is InChI=1S/C13H16N2O/c1-10(2)15-8-12(9-15)16-13-6-4-3-5-11(13)7-14/h3-6,10,12H,8-9H2,1-2H3. The fourth-order valence-electron chi connectivity index (χ4n) is 1.81. The minimum atomic E-state index is 0.233. The summed E-state index contributed by atoms with van der Waals surface area (Å²) >= 11 is 0. The maximum absolute atomic E-state index is 8.92. The summed E-state index contributed by atoms with van der Waals surface area (Å²) in [6.07, 6.45) is 0.233. The number of hydrogen-bond acceptors (Lipinski definition) is 3. The lowest BCUT2D eigenvalue weighted by Gasteiger charge is -2.41. The van der Waals surface area contributed by atoms with E-state index in [0.29, 0.717) is 17.4 Å². The van der Waals surface area contributed by atoms with E-state index >= 15 is 0 Å². The quantitative estimate of drug-likeness (QED) is 0.775. The molecule has 0 aromatic heterocycles. The SMILES string of the molecule is CC(C)N1CC(Oc2ccccc2C#N)C1. The zero-order chi connectivity index (χ0) is 11.5. The molecule has 84 valence electrons. The molecule has 3 nitrogen and oxygen atoms in total. The molecule has 1 aliphatic heterocycles. The monoisotopic (exact) mass is 216 g/mol. The second kappa shape index (κ2) is 4.54. The van der Waals surface area contributed by atoms with Crippen LogP contribution < -0.4 is 4.74 Å². The summed E-state index contributed by atoms with van der Waals surface area (Å²) in [5.41, 5.74) is 0.616. The van der Waals surface area contributed by atoms with Crippen LogP contribution in [0.15, 0.2) is 24.3 Å². The number of benzene rings is 1. The molecule has 1 saturated heterocycles. The number of para-hydroxylation sites is 1. The molecule has 0 aliphatic carbocycles. The topological polar surface area (TPSA) is 36.3 Å². The van der Waals surface area contributed by atoms with Crippen molar-refractivity contribution in [1.82, 2.24) is 4.90 Å². The van der Waals surface area contributed by atoms with Crippen molar-refractivity contribution in [2.45, 2.75) is 26.0 Å². The average Bonchev–Trinajstić information content (AvgIpc) is 2.22. The number of rotatable bonds is 3. The lowest BCUT2D eigenvalue weighted by Crippen LogP contribution is -2.56. The Kier molecular flexibility index (Phi) is 3.12. The summed E-state index contributed by atoms with van der Waals surface area (Å²) in [4.78, 5) is 2.35. The fourth-order valence-corrected chi connectivity index (χ4v) is 1.81. The maximum atomic E-state index is 8.92. The van der Waals surface area contributed by atoms with E-state index in [2.05, 4.69) is 24.8 Å². The van der Waals surface area contributed by atoms with Crippen LogP contribution in [-0.2, 0) is 0 Å². The van der Waals surface area contributed by atoms with Gasteiger partial charge in [-0.3, -0.25) is 4.90 Å². The van der Waals surface area contributed by atoms with Gasteiger partial charge in [-0.15, -0.1) is 0 Å². The van der Waals surface area contributed by atoms with E-state index in [1.807, 2.05) is 18.2 Å². The molecule has 0 unspecified atom stereocenters. The molecule has 0 N–H and O–H groups in total. The van der Waals surface area contributed by atoms with Crippen LogP contribution in [0.1, 0.15) is 19.4 Å². The molecule has 0 atom stereocenters. The summed E-state index contributed by atoms with van der Waals surface area (Å²) in [6.45, 7) is 6.27. The average molecular weight is 216 g/mol. The Hall–Kier alpha value is -1.53. The fraction of sp³-hybridized carbons (Fsp3) is 0.462. The number of ether oxygens (including phenoxy) is 1. The van der Waals surface area contributed by atoms with E-state index < -0.39 is 0 Å². The van der Waals surface area contributed by atoms with Gasteiger partial charge in [0, 0.05) is 19.1 Å². The molecule has 1 aliphatic rings. The van der Waals surface area contributed by atoms with Gasteiger partial charge in [-0.25, -0.2) is 0 Å². The number of hydrogen-bond donors (Lipinski definition) is 0. The van der Waals surface area contributed by atoms with Gasteiger partial charge in [0.1, 0.15) is 17.9 Å². The third kappa shape index (κ3) is 2.17. The van der Waals surface area contributed by atoms with Gasteiger partial charge in [-0.05, 0) is 26.0 Å². The molecule has 0 amide bonds. The van der Waals surface area contributed by atoms with Crippen molar-refractivity contribution in [3.8, 4) is 11.8 Å². The first kappa shape index (κ1) is 11.0. The largest absolute Gasteiger partial charge is 0.486 e. The number of likely N-dealkylation sites (tertiary alicyclic amines) is 1. The molecule has 0 bridgehead atoms. The Balaban J connectivity index is 1.94. The Morgan fingerprint density at radius 2 is 2.06 bits per heavy atom. The molecule has 3 heteroatoms. The Morgan fingerprint density at radius 3 is 2.69 bits per heavy atom. The van der Waals surface area contributed by atoms with Gasteiger partial charge >= 0.3 is 0 Å². The summed E-state index contributed by atoms with van der Waals surface area (Å²) in [5.74, 6) is 0.707. The first-order chi connectivity index (χ1) is 7.70. The van der Waals surface area contributed by atoms with Crippen molar-refractivity contribution < 1.29 is 4.74 Å². The minimum absolute atomic E-state index is 0.233. The van der Waals surface area contributed by atoms with Gasteiger partial charge in [0.15, 0.2) is 0 Å². The number of nitrogens with zero attached hydrogens (tertiary/aromatic N) is 2. The highest BCUT2D eigenvalue weighted by Gasteiger charge is 2.30. The highest BCUT2D eigenvalue weighted by Crippen LogP contribution is 2.22. The van der Waals surface area contributed by atoms with Gasteiger partial charge in [0.25, 0.3) is 0 Å². The second-order valence-electron chi connectivity index (χ2n) is 4.40. The van der Waals surface area contributed by atoms with Crippen LogP contribution in [-0.4, -0.2) is 30.1 Å². The maximum Gasteiger partial charge on any atom is 0.137 e. The minimum Gasteiger partial charge on any atom is -0.486 e. The Labute approximate surface area is 96.2 Å². The smallest absolute Gasteiger partial charge is 0.137 e. The molecule has 1 heterocycles.